The molecular formula is C10H18N2O2. The zero-order valence-corrected chi connectivity index (χ0v) is 9.12. The molecule has 0 bridgehead atoms. The molecule has 0 aromatic rings. The molecule has 1 aliphatic heterocycles. The Kier molecular flexibility index (Phi) is 3.49. The van der Waals surface area contributed by atoms with E-state index in [4.69, 9.17) is 0 Å². The van der Waals surface area contributed by atoms with Crippen LogP contribution < -0.4 is 0 Å². The van der Waals surface area contributed by atoms with Crippen molar-refractivity contribution < 1.29 is 9.59 Å². The molecule has 80 valence electrons. The van der Waals surface area contributed by atoms with E-state index >= 15 is 0 Å². The lowest BCUT2D eigenvalue weighted by Gasteiger charge is -2.30. The first kappa shape index (κ1) is 11.0. The highest BCUT2D eigenvalue weighted by molar-refractivity contribution is 6.34. The Balaban J connectivity index is 2.50. The average Bonchev–Trinajstić information content (AvgIpc) is 2.16. The summed E-state index contributed by atoms with van der Waals surface area (Å²) >= 11 is 0. The number of rotatable bonds is 0. The van der Waals surface area contributed by atoms with Crippen LogP contribution >= 0.6 is 0 Å². The van der Waals surface area contributed by atoms with Crippen molar-refractivity contribution >= 4 is 11.8 Å². The molecule has 4 nitrogen and oxygen atoms in total. The number of piperidine rings is 1. The van der Waals surface area contributed by atoms with Gasteiger partial charge in [0.15, 0.2) is 0 Å². The third kappa shape index (κ3) is 2.47. The zero-order valence-electron chi connectivity index (χ0n) is 9.12. The highest BCUT2D eigenvalue weighted by Gasteiger charge is 2.26. The first-order chi connectivity index (χ1) is 6.52. The van der Waals surface area contributed by atoms with Gasteiger partial charge in [0.05, 0.1) is 0 Å². The number of carbonyl (C=O) groups excluding carboxylic acids is 2. The van der Waals surface area contributed by atoms with E-state index in [0.29, 0.717) is 5.92 Å². The third-order valence-corrected chi connectivity index (χ3v) is 2.66. The van der Waals surface area contributed by atoms with Gasteiger partial charge < -0.3 is 9.80 Å². The maximum atomic E-state index is 11.6. The maximum absolute atomic E-state index is 11.6. The molecule has 4 heteroatoms. The number of hydrogen-bond donors (Lipinski definition) is 0. The van der Waals surface area contributed by atoms with Crippen molar-refractivity contribution in [2.75, 3.05) is 27.2 Å². The Morgan fingerprint density at radius 1 is 1.21 bits per heavy atom. The Morgan fingerprint density at radius 3 is 2.14 bits per heavy atom. The van der Waals surface area contributed by atoms with Crippen LogP contribution in [0.5, 0.6) is 0 Å². The summed E-state index contributed by atoms with van der Waals surface area (Å²) < 4.78 is 0. The number of hydrogen-bond acceptors (Lipinski definition) is 2. The van der Waals surface area contributed by atoms with Crippen LogP contribution in [0, 0.1) is 5.92 Å². The molecule has 1 aliphatic rings. The summed E-state index contributed by atoms with van der Waals surface area (Å²) in [7, 11) is 3.21. The summed E-state index contributed by atoms with van der Waals surface area (Å²) in [5.74, 6) is -0.102. The van der Waals surface area contributed by atoms with Crippen LogP contribution in [0.1, 0.15) is 19.8 Å². The Labute approximate surface area is 84.9 Å². The monoisotopic (exact) mass is 198 g/mol. The molecule has 1 rings (SSSR count). The first-order valence-electron chi connectivity index (χ1n) is 5.03. The van der Waals surface area contributed by atoms with E-state index in [1.54, 1.807) is 19.0 Å². The van der Waals surface area contributed by atoms with Gasteiger partial charge in [-0.25, -0.2) is 0 Å². The predicted octanol–water partition coefficient (Wildman–Crippen LogP) is 0.333. The number of carbonyl (C=O) groups is 2. The van der Waals surface area contributed by atoms with E-state index < -0.39 is 5.91 Å². The number of likely N-dealkylation sites (N-methyl/N-ethyl adjacent to an activating group) is 1. The maximum Gasteiger partial charge on any atom is 0.312 e. The summed E-state index contributed by atoms with van der Waals surface area (Å²) in [5.41, 5.74) is 0. The minimum Gasteiger partial charge on any atom is -0.341 e. The first-order valence-corrected chi connectivity index (χ1v) is 5.03. The molecule has 1 heterocycles. The van der Waals surface area contributed by atoms with E-state index in [1.807, 2.05) is 0 Å². The molecule has 14 heavy (non-hydrogen) atoms. The smallest absolute Gasteiger partial charge is 0.312 e. The van der Waals surface area contributed by atoms with Crippen molar-refractivity contribution in [2.24, 2.45) is 5.92 Å². The molecule has 0 unspecified atom stereocenters. The van der Waals surface area contributed by atoms with Gasteiger partial charge in [-0.15, -0.1) is 0 Å². The molecule has 0 aromatic heterocycles. The normalized spacial score (nSPS) is 18.1. The molecule has 0 saturated carbocycles. The molecule has 0 radical (unpaired) electrons. The lowest BCUT2D eigenvalue weighted by Crippen LogP contribution is -2.45. The SMILES string of the molecule is CC1CCN(C(=O)C(=O)N(C)C)CC1. The quantitative estimate of drug-likeness (QED) is 0.526. The number of nitrogens with zero attached hydrogens (tertiary/aromatic N) is 2. The van der Waals surface area contributed by atoms with Crippen molar-refractivity contribution in [3.05, 3.63) is 0 Å². The zero-order chi connectivity index (χ0) is 10.7. The van der Waals surface area contributed by atoms with Crippen LogP contribution in [0.15, 0.2) is 0 Å². The van der Waals surface area contributed by atoms with Crippen LogP contribution in [-0.2, 0) is 9.59 Å². The van der Waals surface area contributed by atoms with Gasteiger partial charge in [-0.1, -0.05) is 6.92 Å². The second-order valence-corrected chi connectivity index (χ2v) is 4.17. The Morgan fingerprint density at radius 2 is 1.71 bits per heavy atom. The number of likely N-dealkylation sites (tertiary alicyclic amines) is 1. The van der Waals surface area contributed by atoms with E-state index in [2.05, 4.69) is 6.92 Å². The fourth-order valence-corrected chi connectivity index (χ4v) is 1.54. The minimum absolute atomic E-state index is 0.359. The van der Waals surface area contributed by atoms with Crippen molar-refractivity contribution in [3.8, 4) is 0 Å². The molecule has 0 atom stereocenters. The van der Waals surface area contributed by atoms with Crippen LogP contribution in [0.3, 0.4) is 0 Å². The summed E-state index contributed by atoms with van der Waals surface area (Å²) in [4.78, 5) is 25.9. The Bertz CT molecular complexity index is 230. The van der Waals surface area contributed by atoms with Gasteiger partial charge in [-0.2, -0.15) is 0 Å². The highest BCUT2D eigenvalue weighted by atomic mass is 16.2. The highest BCUT2D eigenvalue weighted by Crippen LogP contribution is 2.16. The van der Waals surface area contributed by atoms with Crippen molar-refractivity contribution in [2.45, 2.75) is 19.8 Å². The summed E-state index contributed by atoms with van der Waals surface area (Å²) in [6.45, 7) is 3.62. The molecule has 0 aliphatic carbocycles. The largest absolute Gasteiger partial charge is 0.341 e. The average molecular weight is 198 g/mol. The second-order valence-electron chi connectivity index (χ2n) is 4.17. The van der Waals surface area contributed by atoms with Gasteiger partial charge in [-0.05, 0) is 18.8 Å². The number of amides is 2. The topological polar surface area (TPSA) is 40.6 Å². The summed E-state index contributed by atoms with van der Waals surface area (Å²) in [6.07, 6.45) is 2.01. The van der Waals surface area contributed by atoms with Gasteiger partial charge in [-0.3, -0.25) is 9.59 Å². The molecule has 0 N–H and O–H groups in total. The van der Waals surface area contributed by atoms with E-state index in [1.165, 1.54) is 4.90 Å². The lowest BCUT2D eigenvalue weighted by molar-refractivity contribution is -0.151. The molecular weight excluding hydrogens is 180 g/mol. The summed E-state index contributed by atoms with van der Waals surface area (Å²) in [6, 6.07) is 0. The molecule has 1 fully saturated rings. The van der Waals surface area contributed by atoms with Gasteiger partial charge in [0.2, 0.25) is 0 Å². The van der Waals surface area contributed by atoms with Crippen LogP contribution in [0.25, 0.3) is 0 Å². The van der Waals surface area contributed by atoms with Crippen molar-refractivity contribution in [3.63, 3.8) is 0 Å². The van der Waals surface area contributed by atoms with E-state index in [0.717, 1.165) is 25.9 Å². The molecule has 0 spiro atoms. The summed E-state index contributed by atoms with van der Waals surface area (Å²) in [5, 5.41) is 0. The Hall–Kier alpha value is -1.06. The fraction of sp³-hybridized carbons (Fsp3) is 0.800. The van der Waals surface area contributed by atoms with Crippen molar-refractivity contribution in [1.82, 2.24) is 9.80 Å². The van der Waals surface area contributed by atoms with Gasteiger partial charge in [0.25, 0.3) is 0 Å². The van der Waals surface area contributed by atoms with Gasteiger partial charge >= 0.3 is 11.8 Å². The van der Waals surface area contributed by atoms with Gasteiger partial charge in [0, 0.05) is 27.2 Å². The fourth-order valence-electron chi connectivity index (χ4n) is 1.54. The van der Waals surface area contributed by atoms with Crippen LogP contribution in [-0.4, -0.2) is 48.8 Å². The van der Waals surface area contributed by atoms with Crippen molar-refractivity contribution in [1.29, 1.82) is 0 Å². The second kappa shape index (κ2) is 4.44. The molecule has 2 amide bonds. The molecule has 0 aromatic carbocycles. The third-order valence-electron chi connectivity index (χ3n) is 2.66. The van der Waals surface area contributed by atoms with E-state index in [9.17, 15) is 9.59 Å². The van der Waals surface area contributed by atoms with Crippen LogP contribution in [0.2, 0.25) is 0 Å². The van der Waals surface area contributed by atoms with Gasteiger partial charge in [0.1, 0.15) is 0 Å². The predicted molar refractivity (Wildman–Crippen MR) is 53.7 cm³/mol. The lowest BCUT2D eigenvalue weighted by atomic mass is 9.99. The minimum atomic E-state index is -0.417. The molecule has 1 saturated heterocycles. The standard InChI is InChI=1S/C10H18N2O2/c1-8-4-6-12(7-5-8)10(14)9(13)11(2)3/h8H,4-7H2,1-3H3. The van der Waals surface area contributed by atoms with E-state index in [-0.39, 0.29) is 5.91 Å². The van der Waals surface area contributed by atoms with Crippen LogP contribution in [0.4, 0.5) is 0 Å².